The van der Waals surface area contributed by atoms with Gasteiger partial charge in [0.15, 0.2) is 10.3 Å². The largest absolute Gasteiger partial charge is 0.309 e. The number of hydrogen-bond acceptors (Lipinski definition) is 6. The third-order valence-corrected chi connectivity index (χ3v) is 6.20. The molecule has 10 heteroatoms. The number of carbonyl (C=O) groups is 1. The molecule has 27 heavy (non-hydrogen) atoms. The van der Waals surface area contributed by atoms with Gasteiger partial charge in [0.2, 0.25) is 5.91 Å². The van der Waals surface area contributed by atoms with Crippen LogP contribution >= 0.6 is 46.3 Å². The molecule has 0 atom stereocenters. The third kappa shape index (κ3) is 4.82. The van der Waals surface area contributed by atoms with Crippen LogP contribution in [0, 0.1) is 0 Å². The highest BCUT2D eigenvalue weighted by Crippen LogP contribution is 2.30. The number of aromatic nitrogens is 4. The molecule has 2 aromatic heterocycles. The monoisotopic (exact) mass is 441 g/mol. The average Bonchev–Trinajstić information content (AvgIpc) is 3.22. The van der Waals surface area contributed by atoms with E-state index in [1.54, 1.807) is 12.1 Å². The second-order valence-electron chi connectivity index (χ2n) is 6.06. The van der Waals surface area contributed by atoms with Gasteiger partial charge in [-0.05, 0) is 12.1 Å². The standard InChI is InChI=1S/C17H17Cl2N5OS2/c1-9(2)15-22-23-17(24(15)3)27-8-14(25)21-16-20-13(7-26-16)10-4-5-11(18)12(19)6-10/h4-7,9H,8H2,1-3H3,(H,20,21,25). The number of halogens is 2. The smallest absolute Gasteiger partial charge is 0.236 e. The number of anilines is 1. The van der Waals surface area contributed by atoms with Crippen molar-refractivity contribution in [3.05, 3.63) is 39.4 Å². The summed E-state index contributed by atoms with van der Waals surface area (Å²) in [7, 11) is 1.90. The van der Waals surface area contributed by atoms with Crippen molar-refractivity contribution in [2.75, 3.05) is 11.1 Å². The molecule has 1 N–H and O–H groups in total. The predicted molar refractivity (Wildman–Crippen MR) is 112 cm³/mol. The third-order valence-electron chi connectivity index (χ3n) is 3.68. The molecule has 0 fully saturated rings. The molecular weight excluding hydrogens is 425 g/mol. The number of benzene rings is 1. The number of rotatable bonds is 6. The van der Waals surface area contributed by atoms with Gasteiger partial charge in [-0.15, -0.1) is 21.5 Å². The van der Waals surface area contributed by atoms with Crippen LogP contribution in [0.4, 0.5) is 5.13 Å². The minimum atomic E-state index is -0.149. The van der Waals surface area contributed by atoms with Crippen molar-refractivity contribution in [1.82, 2.24) is 19.7 Å². The lowest BCUT2D eigenvalue weighted by Crippen LogP contribution is -2.14. The average molecular weight is 442 g/mol. The fraction of sp³-hybridized carbons (Fsp3) is 0.294. The van der Waals surface area contributed by atoms with Crippen molar-refractivity contribution in [3.8, 4) is 11.3 Å². The lowest BCUT2D eigenvalue weighted by molar-refractivity contribution is -0.113. The van der Waals surface area contributed by atoms with Crippen LogP contribution in [-0.4, -0.2) is 31.4 Å². The summed E-state index contributed by atoms with van der Waals surface area (Å²) in [4.78, 5) is 16.7. The highest BCUT2D eigenvalue weighted by Gasteiger charge is 2.14. The molecule has 1 aromatic carbocycles. The van der Waals surface area contributed by atoms with Gasteiger partial charge in [0.1, 0.15) is 5.82 Å². The molecular formula is C17H17Cl2N5OS2. The van der Waals surface area contributed by atoms with E-state index in [-0.39, 0.29) is 17.6 Å². The number of thioether (sulfide) groups is 1. The summed E-state index contributed by atoms with van der Waals surface area (Å²) >= 11 is 14.7. The van der Waals surface area contributed by atoms with E-state index in [9.17, 15) is 4.79 Å². The summed E-state index contributed by atoms with van der Waals surface area (Å²) in [5.74, 6) is 1.25. The Kier molecular flexibility index (Phi) is 6.41. The van der Waals surface area contributed by atoms with E-state index in [2.05, 4.69) is 34.3 Å². The first-order valence-electron chi connectivity index (χ1n) is 8.08. The molecule has 0 unspecified atom stereocenters. The first-order valence-corrected chi connectivity index (χ1v) is 10.7. The lowest BCUT2D eigenvalue weighted by atomic mass is 10.2. The molecule has 0 bridgehead atoms. The van der Waals surface area contributed by atoms with Gasteiger partial charge in [0.05, 0.1) is 21.5 Å². The Hall–Kier alpha value is -1.61. The summed E-state index contributed by atoms with van der Waals surface area (Å²) in [5, 5.41) is 15.2. The van der Waals surface area contributed by atoms with Gasteiger partial charge >= 0.3 is 0 Å². The van der Waals surface area contributed by atoms with Gasteiger partial charge in [-0.3, -0.25) is 4.79 Å². The first-order chi connectivity index (χ1) is 12.8. The fourth-order valence-electron chi connectivity index (χ4n) is 2.36. The molecule has 0 saturated heterocycles. The van der Waals surface area contributed by atoms with Crippen LogP contribution in [0.15, 0.2) is 28.7 Å². The summed E-state index contributed by atoms with van der Waals surface area (Å²) in [5.41, 5.74) is 1.58. The lowest BCUT2D eigenvalue weighted by Gasteiger charge is -2.05. The van der Waals surface area contributed by atoms with Crippen LogP contribution in [0.5, 0.6) is 0 Å². The molecule has 0 radical (unpaired) electrons. The van der Waals surface area contributed by atoms with E-state index >= 15 is 0 Å². The van der Waals surface area contributed by atoms with Crippen LogP contribution in [0.25, 0.3) is 11.3 Å². The Morgan fingerprint density at radius 2 is 2.07 bits per heavy atom. The van der Waals surface area contributed by atoms with Gasteiger partial charge in [-0.25, -0.2) is 4.98 Å². The van der Waals surface area contributed by atoms with Gasteiger partial charge < -0.3 is 9.88 Å². The zero-order valence-electron chi connectivity index (χ0n) is 14.9. The topological polar surface area (TPSA) is 72.7 Å². The Morgan fingerprint density at radius 1 is 1.30 bits per heavy atom. The zero-order valence-corrected chi connectivity index (χ0v) is 18.0. The fourth-order valence-corrected chi connectivity index (χ4v) is 4.11. The normalized spacial score (nSPS) is 11.2. The van der Waals surface area contributed by atoms with E-state index in [0.29, 0.717) is 20.3 Å². The quantitative estimate of drug-likeness (QED) is 0.538. The number of hydrogen-bond donors (Lipinski definition) is 1. The molecule has 0 saturated carbocycles. The molecule has 6 nitrogen and oxygen atoms in total. The molecule has 0 spiro atoms. The Balaban J connectivity index is 1.60. The summed E-state index contributed by atoms with van der Waals surface area (Å²) in [6, 6.07) is 5.31. The minimum Gasteiger partial charge on any atom is -0.309 e. The number of carbonyl (C=O) groups excluding carboxylic acids is 1. The second-order valence-corrected chi connectivity index (χ2v) is 8.67. The molecule has 1 amide bonds. The van der Waals surface area contributed by atoms with Crippen molar-refractivity contribution >= 4 is 57.3 Å². The Labute approximate surface area is 175 Å². The predicted octanol–water partition coefficient (Wildman–Crippen LogP) is 5.10. The summed E-state index contributed by atoms with van der Waals surface area (Å²) in [6.07, 6.45) is 0. The van der Waals surface area contributed by atoms with Crippen LogP contribution in [-0.2, 0) is 11.8 Å². The summed E-state index contributed by atoms with van der Waals surface area (Å²) < 4.78 is 1.91. The number of nitrogens with one attached hydrogen (secondary N) is 1. The molecule has 2 heterocycles. The second kappa shape index (κ2) is 8.60. The first kappa shape index (κ1) is 20.1. The maximum Gasteiger partial charge on any atom is 0.236 e. The van der Waals surface area contributed by atoms with E-state index < -0.39 is 0 Å². The van der Waals surface area contributed by atoms with E-state index in [1.807, 2.05) is 23.1 Å². The highest BCUT2D eigenvalue weighted by molar-refractivity contribution is 7.99. The van der Waals surface area contributed by atoms with Gasteiger partial charge in [0, 0.05) is 23.9 Å². The van der Waals surface area contributed by atoms with Crippen molar-refractivity contribution in [2.24, 2.45) is 7.05 Å². The van der Waals surface area contributed by atoms with E-state index in [1.165, 1.54) is 23.1 Å². The van der Waals surface area contributed by atoms with E-state index in [0.717, 1.165) is 17.1 Å². The van der Waals surface area contributed by atoms with Crippen LogP contribution in [0.3, 0.4) is 0 Å². The van der Waals surface area contributed by atoms with Gasteiger partial charge in [-0.2, -0.15) is 0 Å². The Bertz CT molecular complexity index is 970. The molecule has 0 aliphatic carbocycles. The van der Waals surface area contributed by atoms with Crippen molar-refractivity contribution < 1.29 is 4.79 Å². The van der Waals surface area contributed by atoms with Crippen LogP contribution in [0.2, 0.25) is 10.0 Å². The van der Waals surface area contributed by atoms with Crippen molar-refractivity contribution in [2.45, 2.75) is 24.9 Å². The number of thiazole rings is 1. The van der Waals surface area contributed by atoms with E-state index in [4.69, 9.17) is 23.2 Å². The van der Waals surface area contributed by atoms with Crippen molar-refractivity contribution in [1.29, 1.82) is 0 Å². The number of amides is 1. The van der Waals surface area contributed by atoms with Gasteiger partial charge in [0.25, 0.3) is 0 Å². The van der Waals surface area contributed by atoms with Crippen LogP contribution in [0.1, 0.15) is 25.6 Å². The molecule has 3 rings (SSSR count). The maximum atomic E-state index is 12.2. The van der Waals surface area contributed by atoms with Gasteiger partial charge in [-0.1, -0.05) is 54.9 Å². The Morgan fingerprint density at radius 3 is 2.74 bits per heavy atom. The molecule has 0 aliphatic heterocycles. The summed E-state index contributed by atoms with van der Waals surface area (Å²) in [6.45, 7) is 4.11. The van der Waals surface area contributed by atoms with Crippen molar-refractivity contribution in [3.63, 3.8) is 0 Å². The zero-order chi connectivity index (χ0) is 19.6. The minimum absolute atomic E-state index is 0.149. The van der Waals surface area contributed by atoms with Crippen LogP contribution < -0.4 is 5.32 Å². The molecule has 142 valence electrons. The molecule has 0 aliphatic rings. The number of nitrogens with zero attached hydrogens (tertiary/aromatic N) is 4. The molecule has 3 aromatic rings. The highest BCUT2D eigenvalue weighted by atomic mass is 35.5. The SMILES string of the molecule is CC(C)c1nnc(SCC(=O)Nc2nc(-c3ccc(Cl)c(Cl)c3)cs2)n1C. The maximum absolute atomic E-state index is 12.2.